The van der Waals surface area contributed by atoms with Crippen LogP contribution in [0.4, 0.5) is 0 Å². The molecule has 1 rings (SSSR count). The van der Waals surface area contributed by atoms with E-state index in [4.69, 9.17) is 5.11 Å². The predicted molar refractivity (Wildman–Crippen MR) is 78.9 cm³/mol. The molecule has 0 unspecified atom stereocenters. The van der Waals surface area contributed by atoms with Crippen molar-refractivity contribution in [2.45, 2.75) is 39.2 Å². The molecule has 0 spiro atoms. The molecular weight excluding hydrogens is 258 g/mol. The van der Waals surface area contributed by atoms with Gasteiger partial charge in [-0.2, -0.15) is 0 Å². The van der Waals surface area contributed by atoms with Gasteiger partial charge in [0, 0.05) is 29.3 Å². The van der Waals surface area contributed by atoms with E-state index in [9.17, 15) is 4.79 Å². The highest BCUT2D eigenvalue weighted by Crippen LogP contribution is 2.16. The summed E-state index contributed by atoms with van der Waals surface area (Å²) in [5.41, 5.74) is 0.904. The predicted octanol–water partition coefficient (Wildman–Crippen LogP) is 2.63. The third-order valence-corrected chi connectivity index (χ3v) is 3.70. The molecule has 1 aromatic rings. The van der Waals surface area contributed by atoms with Crippen molar-refractivity contribution in [2.75, 3.05) is 13.7 Å². The molecule has 0 saturated carbocycles. The minimum atomic E-state index is -0.124. The molecule has 0 aliphatic heterocycles. The fourth-order valence-corrected chi connectivity index (χ4v) is 2.58. The van der Waals surface area contributed by atoms with Crippen molar-refractivity contribution < 1.29 is 9.90 Å². The fraction of sp³-hybridized carbons (Fsp3) is 0.533. The van der Waals surface area contributed by atoms with Crippen LogP contribution in [0, 0.1) is 11.8 Å². The van der Waals surface area contributed by atoms with Crippen LogP contribution in [-0.4, -0.2) is 29.6 Å². The lowest BCUT2D eigenvalue weighted by Gasteiger charge is -2.15. The molecule has 1 heterocycles. The highest BCUT2D eigenvalue weighted by Gasteiger charge is 2.09. The van der Waals surface area contributed by atoms with E-state index in [1.54, 1.807) is 16.2 Å². The van der Waals surface area contributed by atoms with Crippen LogP contribution in [0.15, 0.2) is 11.4 Å². The number of carbonyl (C=O) groups is 1. The zero-order valence-corrected chi connectivity index (χ0v) is 12.4. The number of thiophene rings is 1. The van der Waals surface area contributed by atoms with E-state index < -0.39 is 0 Å². The number of unbranched alkanes of at least 4 members (excludes halogenated alkanes) is 2. The summed E-state index contributed by atoms with van der Waals surface area (Å²) in [6.45, 7) is 2.65. The monoisotopic (exact) mass is 279 g/mol. The molecule has 0 saturated heterocycles. The Kier molecular flexibility index (Phi) is 7.24. The van der Waals surface area contributed by atoms with Gasteiger partial charge in [-0.3, -0.25) is 4.79 Å². The maximum atomic E-state index is 11.9. The highest BCUT2D eigenvalue weighted by atomic mass is 32.1. The van der Waals surface area contributed by atoms with Gasteiger partial charge in [0.1, 0.15) is 6.61 Å². The SMILES string of the molecule is CCCCCC(=O)N(C)Cc1cc(C#CCO)cs1. The van der Waals surface area contributed by atoms with Gasteiger partial charge in [-0.1, -0.05) is 31.6 Å². The first-order valence-electron chi connectivity index (χ1n) is 6.58. The molecule has 0 fully saturated rings. The number of carbonyl (C=O) groups excluding carboxylic acids is 1. The van der Waals surface area contributed by atoms with Crippen LogP contribution in [0.25, 0.3) is 0 Å². The Morgan fingerprint density at radius 1 is 1.47 bits per heavy atom. The minimum absolute atomic E-state index is 0.124. The van der Waals surface area contributed by atoms with Crippen LogP contribution in [0.3, 0.4) is 0 Å². The maximum absolute atomic E-state index is 11.9. The summed E-state index contributed by atoms with van der Waals surface area (Å²) < 4.78 is 0. The van der Waals surface area contributed by atoms with Crippen molar-refractivity contribution in [1.29, 1.82) is 0 Å². The molecule has 1 amide bonds. The lowest BCUT2D eigenvalue weighted by atomic mass is 10.2. The summed E-state index contributed by atoms with van der Waals surface area (Å²) in [5, 5.41) is 10.6. The van der Waals surface area contributed by atoms with Crippen molar-refractivity contribution in [3.8, 4) is 11.8 Å². The second-order valence-electron chi connectivity index (χ2n) is 4.47. The summed E-state index contributed by atoms with van der Waals surface area (Å²) in [6.07, 6.45) is 3.85. The van der Waals surface area contributed by atoms with E-state index in [1.165, 1.54) is 0 Å². The van der Waals surface area contributed by atoms with E-state index in [0.717, 1.165) is 29.7 Å². The number of nitrogens with zero attached hydrogens (tertiary/aromatic N) is 1. The minimum Gasteiger partial charge on any atom is -0.384 e. The summed E-state index contributed by atoms with van der Waals surface area (Å²) in [5.74, 6) is 5.68. The first kappa shape index (κ1) is 15.7. The molecule has 3 nitrogen and oxygen atoms in total. The van der Waals surface area contributed by atoms with Gasteiger partial charge in [-0.05, 0) is 12.5 Å². The lowest BCUT2D eigenvalue weighted by Crippen LogP contribution is -2.25. The van der Waals surface area contributed by atoms with Gasteiger partial charge in [0.25, 0.3) is 0 Å². The first-order chi connectivity index (χ1) is 9.17. The van der Waals surface area contributed by atoms with Crippen LogP contribution >= 0.6 is 11.3 Å². The second kappa shape index (κ2) is 8.73. The third-order valence-electron chi connectivity index (χ3n) is 2.78. The topological polar surface area (TPSA) is 40.5 Å². The van der Waals surface area contributed by atoms with Crippen LogP contribution in [0.5, 0.6) is 0 Å². The Labute approximate surface area is 119 Å². The molecule has 4 heteroatoms. The van der Waals surface area contributed by atoms with Gasteiger partial charge in [0.05, 0.1) is 6.54 Å². The van der Waals surface area contributed by atoms with Crippen LogP contribution in [0.1, 0.15) is 43.0 Å². The van der Waals surface area contributed by atoms with E-state index in [-0.39, 0.29) is 12.5 Å². The molecule has 1 aromatic heterocycles. The third kappa shape index (κ3) is 5.91. The average molecular weight is 279 g/mol. The Balaban J connectivity index is 2.45. The molecule has 0 bridgehead atoms. The number of aliphatic hydroxyl groups excluding tert-OH is 1. The lowest BCUT2D eigenvalue weighted by molar-refractivity contribution is -0.130. The quantitative estimate of drug-likeness (QED) is 0.642. The average Bonchev–Trinajstić information content (AvgIpc) is 2.84. The summed E-state index contributed by atoms with van der Waals surface area (Å²) in [4.78, 5) is 14.8. The summed E-state index contributed by atoms with van der Waals surface area (Å²) >= 11 is 1.60. The summed E-state index contributed by atoms with van der Waals surface area (Å²) in [6, 6.07) is 1.98. The van der Waals surface area contributed by atoms with Crippen LogP contribution < -0.4 is 0 Å². The van der Waals surface area contributed by atoms with Gasteiger partial charge in [-0.25, -0.2) is 0 Å². The molecule has 0 aliphatic rings. The van der Waals surface area contributed by atoms with Crippen LogP contribution in [0.2, 0.25) is 0 Å². The molecule has 104 valence electrons. The molecule has 0 atom stereocenters. The van der Waals surface area contributed by atoms with E-state index in [2.05, 4.69) is 18.8 Å². The van der Waals surface area contributed by atoms with Gasteiger partial charge in [0.2, 0.25) is 5.91 Å². The van der Waals surface area contributed by atoms with E-state index in [0.29, 0.717) is 13.0 Å². The second-order valence-corrected chi connectivity index (χ2v) is 5.46. The Bertz CT molecular complexity index is 456. The number of hydrogen-bond acceptors (Lipinski definition) is 3. The van der Waals surface area contributed by atoms with Gasteiger partial charge >= 0.3 is 0 Å². The van der Waals surface area contributed by atoms with Gasteiger partial charge in [0.15, 0.2) is 0 Å². The Hall–Kier alpha value is -1.31. The number of aliphatic hydroxyl groups is 1. The largest absolute Gasteiger partial charge is 0.384 e. The zero-order valence-electron chi connectivity index (χ0n) is 11.6. The van der Waals surface area contributed by atoms with Gasteiger partial charge in [-0.15, -0.1) is 11.3 Å². The van der Waals surface area contributed by atoms with Crippen molar-refractivity contribution in [3.63, 3.8) is 0 Å². The van der Waals surface area contributed by atoms with E-state index in [1.807, 2.05) is 18.5 Å². The molecule has 0 radical (unpaired) electrons. The number of rotatable bonds is 6. The van der Waals surface area contributed by atoms with Gasteiger partial charge < -0.3 is 10.0 Å². The molecule has 1 N–H and O–H groups in total. The highest BCUT2D eigenvalue weighted by molar-refractivity contribution is 7.10. The van der Waals surface area contributed by atoms with Crippen molar-refractivity contribution in [3.05, 3.63) is 21.9 Å². The molecule has 0 aliphatic carbocycles. The fourth-order valence-electron chi connectivity index (χ4n) is 1.71. The van der Waals surface area contributed by atoms with E-state index >= 15 is 0 Å². The molecular formula is C15H21NO2S. The Morgan fingerprint density at radius 3 is 2.95 bits per heavy atom. The Morgan fingerprint density at radius 2 is 2.26 bits per heavy atom. The summed E-state index contributed by atoms with van der Waals surface area (Å²) in [7, 11) is 1.84. The molecule has 19 heavy (non-hydrogen) atoms. The standard InChI is InChI=1S/C15H21NO2S/c1-3-4-5-8-15(18)16(2)11-14-10-13(12-19-14)7-6-9-17/h10,12,17H,3-5,8-9,11H2,1-2H3. The van der Waals surface area contributed by atoms with Crippen molar-refractivity contribution in [1.82, 2.24) is 4.90 Å². The first-order valence-corrected chi connectivity index (χ1v) is 7.46. The zero-order chi connectivity index (χ0) is 14.1. The number of amides is 1. The van der Waals surface area contributed by atoms with Crippen molar-refractivity contribution >= 4 is 17.2 Å². The maximum Gasteiger partial charge on any atom is 0.222 e. The van der Waals surface area contributed by atoms with Crippen LogP contribution in [-0.2, 0) is 11.3 Å². The molecule has 0 aromatic carbocycles. The smallest absolute Gasteiger partial charge is 0.222 e. The normalized spacial score (nSPS) is 9.84. The number of hydrogen-bond donors (Lipinski definition) is 1. The van der Waals surface area contributed by atoms with Crippen molar-refractivity contribution in [2.24, 2.45) is 0 Å².